The molecule has 96 valence electrons. The van der Waals surface area contributed by atoms with Crippen LogP contribution < -0.4 is 5.32 Å². The number of fused-ring (bicyclic) bond motifs is 1. The summed E-state index contributed by atoms with van der Waals surface area (Å²) in [5.74, 6) is -0.821. The molecular weight excluding hydrogens is 246 g/mol. The standard InChI is InChI=1S/C13H11N3O3/c17-12(16-9-6-14-15-7-9)11-5-8-3-1-2-4-10(8)13(18)19-11/h1-4,6-7,11H,5H2,(H,14,15)(H,16,17)/t11-/m1/s1. The molecule has 0 spiro atoms. The first-order chi connectivity index (χ1) is 9.24. The monoisotopic (exact) mass is 257 g/mol. The summed E-state index contributed by atoms with van der Waals surface area (Å²) in [6.07, 6.45) is 2.61. The third-order valence-corrected chi connectivity index (χ3v) is 2.95. The zero-order valence-electron chi connectivity index (χ0n) is 9.92. The summed E-state index contributed by atoms with van der Waals surface area (Å²) in [5, 5.41) is 8.95. The minimum atomic E-state index is -0.808. The molecule has 0 aliphatic carbocycles. The fourth-order valence-corrected chi connectivity index (χ4v) is 2.02. The van der Waals surface area contributed by atoms with Crippen molar-refractivity contribution in [3.05, 3.63) is 47.8 Å². The summed E-state index contributed by atoms with van der Waals surface area (Å²) in [6.45, 7) is 0. The largest absolute Gasteiger partial charge is 0.448 e. The molecule has 2 N–H and O–H groups in total. The van der Waals surface area contributed by atoms with Crippen molar-refractivity contribution in [3.8, 4) is 0 Å². The number of carbonyl (C=O) groups is 2. The highest BCUT2D eigenvalue weighted by Crippen LogP contribution is 2.21. The first-order valence-corrected chi connectivity index (χ1v) is 5.82. The van der Waals surface area contributed by atoms with Crippen molar-refractivity contribution < 1.29 is 14.3 Å². The molecule has 0 fully saturated rings. The smallest absolute Gasteiger partial charge is 0.339 e. The molecule has 3 rings (SSSR count). The van der Waals surface area contributed by atoms with Crippen LogP contribution in [0.25, 0.3) is 0 Å². The maximum absolute atomic E-state index is 12.0. The number of anilines is 1. The summed E-state index contributed by atoms with van der Waals surface area (Å²) < 4.78 is 5.14. The van der Waals surface area contributed by atoms with Crippen LogP contribution in [0.3, 0.4) is 0 Å². The van der Waals surface area contributed by atoms with E-state index in [4.69, 9.17) is 4.74 Å². The van der Waals surface area contributed by atoms with Gasteiger partial charge in [-0.3, -0.25) is 9.89 Å². The lowest BCUT2D eigenvalue weighted by Crippen LogP contribution is -2.37. The Morgan fingerprint density at radius 3 is 3.05 bits per heavy atom. The van der Waals surface area contributed by atoms with Crippen LogP contribution in [-0.4, -0.2) is 28.2 Å². The molecule has 2 heterocycles. The number of aromatic amines is 1. The Bertz CT molecular complexity index is 622. The Balaban J connectivity index is 1.78. The number of carbonyl (C=O) groups excluding carboxylic acids is 2. The van der Waals surface area contributed by atoms with Crippen LogP contribution in [-0.2, 0) is 16.0 Å². The van der Waals surface area contributed by atoms with E-state index in [9.17, 15) is 9.59 Å². The fraction of sp³-hybridized carbons (Fsp3) is 0.154. The molecule has 0 radical (unpaired) electrons. The quantitative estimate of drug-likeness (QED) is 0.790. The number of esters is 1. The first-order valence-electron chi connectivity index (χ1n) is 5.82. The number of benzene rings is 1. The zero-order chi connectivity index (χ0) is 13.2. The summed E-state index contributed by atoms with van der Waals surface area (Å²) >= 11 is 0. The van der Waals surface area contributed by atoms with Crippen LogP contribution in [0.1, 0.15) is 15.9 Å². The number of ether oxygens (including phenoxy) is 1. The molecule has 0 saturated heterocycles. The van der Waals surface area contributed by atoms with Crippen molar-refractivity contribution in [2.75, 3.05) is 5.32 Å². The van der Waals surface area contributed by atoms with E-state index in [-0.39, 0.29) is 5.91 Å². The van der Waals surface area contributed by atoms with Gasteiger partial charge in [0.15, 0.2) is 6.10 Å². The van der Waals surface area contributed by atoms with E-state index in [1.807, 2.05) is 12.1 Å². The van der Waals surface area contributed by atoms with Gasteiger partial charge in [0, 0.05) is 12.6 Å². The molecule has 1 aliphatic heterocycles. The van der Waals surface area contributed by atoms with Crippen LogP contribution in [0.2, 0.25) is 0 Å². The highest BCUT2D eigenvalue weighted by Gasteiger charge is 2.31. The molecule has 6 heteroatoms. The molecule has 19 heavy (non-hydrogen) atoms. The highest BCUT2D eigenvalue weighted by atomic mass is 16.5. The molecular formula is C13H11N3O3. The number of nitrogens with one attached hydrogen (secondary N) is 2. The van der Waals surface area contributed by atoms with Gasteiger partial charge in [-0.2, -0.15) is 5.10 Å². The van der Waals surface area contributed by atoms with Crippen LogP contribution >= 0.6 is 0 Å². The van der Waals surface area contributed by atoms with E-state index in [0.717, 1.165) is 5.56 Å². The van der Waals surface area contributed by atoms with Crippen molar-refractivity contribution in [2.45, 2.75) is 12.5 Å². The van der Waals surface area contributed by atoms with Crippen LogP contribution in [0.5, 0.6) is 0 Å². The molecule has 0 unspecified atom stereocenters. The molecule has 2 aromatic rings. The lowest BCUT2D eigenvalue weighted by atomic mass is 9.98. The zero-order valence-corrected chi connectivity index (χ0v) is 9.92. The average molecular weight is 257 g/mol. The number of H-pyrrole nitrogens is 1. The molecule has 6 nitrogen and oxygen atoms in total. The van der Waals surface area contributed by atoms with Gasteiger partial charge in [-0.05, 0) is 11.6 Å². The van der Waals surface area contributed by atoms with Crippen molar-refractivity contribution in [2.24, 2.45) is 0 Å². The predicted molar refractivity (Wildman–Crippen MR) is 66.6 cm³/mol. The molecule has 1 aliphatic rings. The van der Waals surface area contributed by atoms with E-state index in [1.165, 1.54) is 6.20 Å². The Hall–Kier alpha value is -2.63. The Morgan fingerprint density at radius 1 is 1.42 bits per heavy atom. The summed E-state index contributed by atoms with van der Waals surface area (Å²) in [5.41, 5.74) is 1.89. The van der Waals surface area contributed by atoms with Crippen molar-refractivity contribution in [1.29, 1.82) is 0 Å². The second kappa shape index (κ2) is 4.56. The van der Waals surface area contributed by atoms with E-state index in [1.54, 1.807) is 18.3 Å². The van der Waals surface area contributed by atoms with E-state index in [0.29, 0.717) is 17.7 Å². The van der Waals surface area contributed by atoms with Crippen molar-refractivity contribution in [1.82, 2.24) is 10.2 Å². The molecule has 0 bridgehead atoms. The van der Waals surface area contributed by atoms with Gasteiger partial charge in [0.25, 0.3) is 5.91 Å². The topological polar surface area (TPSA) is 84.1 Å². The van der Waals surface area contributed by atoms with Crippen LogP contribution in [0.15, 0.2) is 36.7 Å². The van der Waals surface area contributed by atoms with Gasteiger partial charge in [-0.15, -0.1) is 0 Å². The number of hydrogen-bond donors (Lipinski definition) is 2. The number of aromatic nitrogens is 2. The number of rotatable bonds is 2. The Morgan fingerprint density at radius 2 is 2.26 bits per heavy atom. The lowest BCUT2D eigenvalue weighted by Gasteiger charge is -2.23. The van der Waals surface area contributed by atoms with Gasteiger partial charge in [0.2, 0.25) is 0 Å². The molecule has 1 atom stereocenters. The SMILES string of the molecule is O=C1O[C@@H](C(=O)Nc2cn[nH]c2)Cc2ccccc21. The number of hydrogen-bond acceptors (Lipinski definition) is 4. The minimum Gasteiger partial charge on any atom is -0.448 e. The summed E-state index contributed by atoms with van der Waals surface area (Å²) in [7, 11) is 0. The number of cyclic esters (lactones) is 1. The van der Waals surface area contributed by atoms with Crippen LogP contribution in [0.4, 0.5) is 5.69 Å². The van der Waals surface area contributed by atoms with E-state index < -0.39 is 12.1 Å². The number of nitrogens with zero attached hydrogens (tertiary/aromatic N) is 1. The van der Waals surface area contributed by atoms with Crippen molar-refractivity contribution in [3.63, 3.8) is 0 Å². The third-order valence-electron chi connectivity index (χ3n) is 2.95. The fourth-order valence-electron chi connectivity index (χ4n) is 2.02. The minimum absolute atomic E-state index is 0.357. The summed E-state index contributed by atoms with van der Waals surface area (Å²) in [6, 6.07) is 7.13. The van der Waals surface area contributed by atoms with Gasteiger partial charge in [-0.1, -0.05) is 18.2 Å². The van der Waals surface area contributed by atoms with Crippen molar-refractivity contribution >= 4 is 17.6 Å². The van der Waals surface area contributed by atoms with Gasteiger partial charge in [0.05, 0.1) is 17.4 Å². The molecule has 1 aromatic heterocycles. The van der Waals surface area contributed by atoms with Gasteiger partial charge in [-0.25, -0.2) is 4.79 Å². The van der Waals surface area contributed by atoms with Gasteiger partial charge >= 0.3 is 5.97 Å². The summed E-state index contributed by atoms with van der Waals surface area (Å²) in [4.78, 5) is 23.8. The molecule has 1 amide bonds. The normalized spacial score (nSPS) is 17.5. The molecule has 0 saturated carbocycles. The van der Waals surface area contributed by atoms with E-state index >= 15 is 0 Å². The highest BCUT2D eigenvalue weighted by molar-refractivity contribution is 5.99. The average Bonchev–Trinajstić information content (AvgIpc) is 2.91. The Labute approximate surface area is 108 Å². The second-order valence-corrected chi connectivity index (χ2v) is 4.23. The second-order valence-electron chi connectivity index (χ2n) is 4.23. The van der Waals surface area contributed by atoms with Crippen LogP contribution in [0, 0.1) is 0 Å². The first kappa shape index (κ1) is 11.5. The predicted octanol–water partition coefficient (Wildman–Crippen LogP) is 1.13. The van der Waals surface area contributed by atoms with Gasteiger partial charge in [0.1, 0.15) is 0 Å². The Kier molecular flexibility index (Phi) is 2.75. The van der Waals surface area contributed by atoms with Gasteiger partial charge < -0.3 is 10.1 Å². The molecule has 1 aromatic carbocycles. The number of amides is 1. The maximum Gasteiger partial charge on any atom is 0.339 e. The lowest BCUT2D eigenvalue weighted by molar-refractivity contribution is -0.125. The van der Waals surface area contributed by atoms with E-state index in [2.05, 4.69) is 15.5 Å². The third kappa shape index (κ3) is 2.20. The maximum atomic E-state index is 12.0.